The second-order valence-electron chi connectivity index (χ2n) is 4.15. The van der Waals surface area contributed by atoms with Gasteiger partial charge in [-0.3, -0.25) is 4.90 Å². The van der Waals surface area contributed by atoms with Gasteiger partial charge in [-0.15, -0.1) is 0 Å². The van der Waals surface area contributed by atoms with Crippen molar-refractivity contribution in [1.82, 2.24) is 4.90 Å². The van der Waals surface area contributed by atoms with E-state index in [1.165, 1.54) is 38.8 Å². The Morgan fingerprint density at radius 3 is 2.33 bits per heavy atom. The molecule has 0 saturated carbocycles. The van der Waals surface area contributed by atoms with Crippen LogP contribution in [0.3, 0.4) is 0 Å². The van der Waals surface area contributed by atoms with E-state index in [2.05, 4.69) is 18.7 Å². The van der Waals surface area contributed by atoms with Crippen LogP contribution in [0.25, 0.3) is 0 Å². The van der Waals surface area contributed by atoms with Gasteiger partial charge in [-0.2, -0.15) is 0 Å². The molecule has 0 aliphatic carbocycles. The number of hydrogen-bond donors (Lipinski definition) is 1. The molecule has 0 bridgehead atoms. The van der Waals surface area contributed by atoms with Gasteiger partial charge >= 0.3 is 0 Å². The number of rotatable bonds is 4. The fraction of sp³-hybridized carbons (Fsp3) is 1.00. The third-order valence-corrected chi connectivity index (χ3v) is 3.10. The van der Waals surface area contributed by atoms with Gasteiger partial charge in [0.2, 0.25) is 0 Å². The first-order valence-electron chi connectivity index (χ1n) is 5.18. The molecule has 0 aromatic heterocycles. The summed E-state index contributed by atoms with van der Waals surface area (Å²) in [6.07, 6.45) is 5.20. The molecule has 1 rings (SSSR count). The molecule has 1 aliphatic rings. The molecule has 1 fully saturated rings. The van der Waals surface area contributed by atoms with Crippen molar-refractivity contribution in [2.75, 3.05) is 19.6 Å². The van der Waals surface area contributed by atoms with Gasteiger partial charge in [-0.05, 0) is 39.3 Å². The molecule has 1 saturated heterocycles. The van der Waals surface area contributed by atoms with E-state index in [0.29, 0.717) is 0 Å². The van der Waals surface area contributed by atoms with Crippen LogP contribution in [0.4, 0.5) is 0 Å². The maximum absolute atomic E-state index is 5.83. The van der Waals surface area contributed by atoms with E-state index in [1.807, 2.05) is 0 Å². The first kappa shape index (κ1) is 10.0. The normalized spacial score (nSPS) is 24.2. The maximum Gasteiger partial charge on any atom is 0.0303 e. The van der Waals surface area contributed by atoms with Gasteiger partial charge in [0.15, 0.2) is 0 Å². The van der Waals surface area contributed by atoms with E-state index >= 15 is 0 Å². The smallest absolute Gasteiger partial charge is 0.0303 e. The highest BCUT2D eigenvalue weighted by Crippen LogP contribution is 2.24. The summed E-state index contributed by atoms with van der Waals surface area (Å²) in [7, 11) is 0. The topological polar surface area (TPSA) is 29.3 Å². The lowest BCUT2D eigenvalue weighted by Crippen LogP contribution is -2.50. The van der Waals surface area contributed by atoms with Crippen molar-refractivity contribution in [1.29, 1.82) is 0 Å². The quantitative estimate of drug-likeness (QED) is 0.694. The van der Waals surface area contributed by atoms with Crippen molar-refractivity contribution in [3.63, 3.8) is 0 Å². The van der Waals surface area contributed by atoms with Crippen LogP contribution in [0.2, 0.25) is 0 Å². The Kier molecular flexibility index (Phi) is 3.53. The van der Waals surface area contributed by atoms with E-state index in [4.69, 9.17) is 5.73 Å². The Bertz CT molecular complexity index is 130. The zero-order valence-electron chi connectivity index (χ0n) is 8.47. The molecule has 0 amide bonds. The Balaban J connectivity index is 2.51. The van der Waals surface area contributed by atoms with Crippen LogP contribution in [0.15, 0.2) is 0 Å². The summed E-state index contributed by atoms with van der Waals surface area (Å²) >= 11 is 0. The summed E-state index contributed by atoms with van der Waals surface area (Å²) in [6, 6.07) is 0. The molecule has 0 spiro atoms. The molecule has 1 aliphatic heterocycles. The summed E-state index contributed by atoms with van der Waals surface area (Å²) in [5, 5.41) is 0. The Morgan fingerprint density at radius 1 is 1.33 bits per heavy atom. The van der Waals surface area contributed by atoms with Crippen LogP contribution >= 0.6 is 0 Å². The second-order valence-corrected chi connectivity index (χ2v) is 4.15. The molecule has 12 heavy (non-hydrogen) atoms. The average molecular weight is 170 g/mol. The summed E-state index contributed by atoms with van der Waals surface area (Å²) in [5.74, 6) is 0. The molecule has 0 aromatic carbocycles. The van der Waals surface area contributed by atoms with Crippen LogP contribution in [0.1, 0.15) is 39.5 Å². The van der Waals surface area contributed by atoms with Gasteiger partial charge in [0.25, 0.3) is 0 Å². The number of nitrogens with zero attached hydrogens (tertiary/aromatic N) is 1. The van der Waals surface area contributed by atoms with Gasteiger partial charge < -0.3 is 5.73 Å². The number of likely N-dealkylation sites (tertiary alicyclic amines) is 1. The molecular weight excluding hydrogens is 148 g/mol. The van der Waals surface area contributed by atoms with Gasteiger partial charge in [0.1, 0.15) is 0 Å². The van der Waals surface area contributed by atoms with Gasteiger partial charge in [0.05, 0.1) is 0 Å². The molecule has 1 unspecified atom stereocenters. The minimum atomic E-state index is 0.283. The molecule has 0 radical (unpaired) electrons. The molecule has 2 nitrogen and oxygen atoms in total. The summed E-state index contributed by atoms with van der Waals surface area (Å²) in [4.78, 5) is 2.57. The van der Waals surface area contributed by atoms with E-state index in [9.17, 15) is 0 Å². The van der Waals surface area contributed by atoms with Crippen LogP contribution < -0.4 is 5.73 Å². The van der Waals surface area contributed by atoms with Crippen LogP contribution in [-0.4, -0.2) is 30.1 Å². The monoisotopic (exact) mass is 170 g/mol. The van der Waals surface area contributed by atoms with E-state index < -0.39 is 0 Å². The van der Waals surface area contributed by atoms with Crippen molar-refractivity contribution < 1.29 is 0 Å². The van der Waals surface area contributed by atoms with Gasteiger partial charge in [-0.25, -0.2) is 0 Å². The average Bonchev–Trinajstić information content (AvgIpc) is 2.57. The van der Waals surface area contributed by atoms with Crippen molar-refractivity contribution >= 4 is 0 Å². The van der Waals surface area contributed by atoms with Gasteiger partial charge in [-0.1, -0.05) is 13.3 Å². The van der Waals surface area contributed by atoms with Crippen molar-refractivity contribution in [3.8, 4) is 0 Å². The summed E-state index contributed by atoms with van der Waals surface area (Å²) in [5.41, 5.74) is 6.11. The number of nitrogens with two attached hydrogens (primary N) is 1. The van der Waals surface area contributed by atoms with Crippen molar-refractivity contribution in [3.05, 3.63) is 0 Å². The summed E-state index contributed by atoms with van der Waals surface area (Å²) in [6.45, 7) is 7.87. The Morgan fingerprint density at radius 2 is 1.92 bits per heavy atom. The Hall–Kier alpha value is -0.0800. The first-order valence-corrected chi connectivity index (χ1v) is 5.18. The lowest BCUT2D eigenvalue weighted by molar-refractivity contribution is 0.131. The molecule has 1 atom stereocenters. The standard InChI is InChI=1S/C10H22N2/c1-3-6-10(2,9-11)12-7-4-5-8-12/h3-9,11H2,1-2H3. The highest BCUT2D eigenvalue weighted by atomic mass is 15.2. The Labute approximate surface area is 76.1 Å². The van der Waals surface area contributed by atoms with Crippen LogP contribution in [0, 0.1) is 0 Å². The van der Waals surface area contributed by atoms with Gasteiger partial charge in [0, 0.05) is 12.1 Å². The third-order valence-electron chi connectivity index (χ3n) is 3.10. The minimum Gasteiger partial charge on any atom is -0.329 e. The highest BCUT2D eigenvalue weighted by molar-refractivity contribution is 4.89. The highest BCUT2D eigenvalue weighted by Gasteiger charge is 2.30. The summed E-state index contributed by atoms with van der Waals surface area (Å²) < 4.78 is 0. The largest absolute Gasteiger partial charge is 0.329 e. The van der Waals surface area contributed by atoms with E-state index in [1.54, 1.807) is 0 Å². The zero-order valence-corrected chi connectivity index (χ0v) is 8.47. The second kappa shape index (κ2) is 4.24. The first-order chi connectivity index (χ1) is 5.73. The van der Waals surface area contributed by atoms with Crippen molar-refractivity contribution in [2.24, 2.45) is 5.73 Å². The minimum absolute atomic E-state index is 0.283. The predicted molar refractivity (Wildman–Crippen MR) is 53.2 cm³/mol. The molecule has 2 N–H and O–H groups in total. The lowest BCUT2D eigenvalue weighted by atomic mass is 9.94. The van der Waals surface area contributed by atoms with Crippen LogP contribution in [-0.2, 0) is 0 Å². The zero-order chi connectivity index (χ0) is 9.03. The molecule has 0 aromatic rings. The maximum atomic E-state index is 5.83. The fourth-order valence-electron chi connectivity index (χ4n) is 2.18. The third kappa shape index (κ3) is 1.99. The molecule has 2 heteroatoms. The molecular formula is C10H22N2. The molecule has 1 heterocycles. The molecule has 72 valence electrons. The SMILES string of the molecule is CCCC(C)(CN)N1CCCC1. The fourth-order valence-corrected chi connectivity index (χ4v) is 2.18. The van der Waals surface area contributed by atoms with E-state index in [-0.39, 0.29) is 5.54 Å². The predicted octanol–water partition coefficient (Wildman–Crippen LogP) is 1.60. The van der Waals surface area contributed by atoms with Crippen LogP contribution in [0.5, 0.6) is 0 Å². The van der Waals surface area contributed by atoms with Crippen molar-refractivity contribution in [2.45, 2.75) is 45.1 Å². The lowest BCUT2D eigenvalue weighted by Gasteiger charge is -2.37. The number of hydrogen-bond acceptors (Lipinski definition) is 2. The van der Waals surface area contributed by atoms with E-state index in [0.717, 1.165) is 6.54 Å².